The maximum absolute atomic E-state index is 2.55. The largest absolute Gasteiger partial charge is 0.372 e. The smallest absolute Gasteiger partial charge is 0.172 e. The maximum atomic E-state index is 2.55. The Morgan fingerprint density at radius 1 is 0.519 bits per heavy atom. The molecule has 0 bridgehead atoms. The van der Waals surface area contributed by atoms with E-state index in [0.29, 0.717) is 0 Å². The van der Waals surface area contributed by atoms with Gasteiger partial charge in [0.15, 0.2) is 12.4 Å². The van der Waals surface area contributed by atoms with Crippen molar-refractivity contribution in [1.29, 1.82) is 0 Å². The first-order valence-corrected chi connectivity index (χ1v) is 22.1. The lowest BCUT2D eigenvalue weighted by Crippen LogP contribution is -2.34. The van der Waals surface area contributed by atoms with Gasteiger partial charge in [-0.1, -0.05) is 178 Å². The molecule has 0 saturated heterocycles. The van der Waals surface area contributed by atoms with Crippen LogP contribution in [0, 0.1) is 0 Å². The second-order valence-corrected chi connectivity index (χ2v) is 15.7. The number of anilines is 1. The molecule has 284 valence electrons. The molecule has 0 atom stereocenters. The van der Waals surface area contributed by atoms with Crippen molar-refractivity contribution in [3.05, 3.63) is 94.8 Å². The van der Waals surface area contributed by atoms with E-state index in [9.17, 15) is 0 Å². The number of pyridine rings is 1. The highest BCUT2D eigenvalue weighted by Gasteiger charge is 2.18. The van der Waals surface area contributed by atoms with Crippen molar-refractivity contribution in [2.75, 3.05) is 18.0 Å². The van der Waals surface area contributed by atoms with Crippen LogP contribution in [0.4, 0.5) is 5.69 Å². The predicted octanol–water partition coefficient (Wildman–Crippen LogP) is 14.7. The molecule has 2 heteroatoms. The van der Waals surface area contributed by atoms with Crippen LogP contribution in [0.15, 0.2) is 67.0 Å². The van der Waals surface area contributed by atoms with Gasteiger partial charge in [0, 0.05) is 36.8 Å². The molecule has 0 unspecified atom stereocenters. The molecule has 0 spiro atoms. The number of benzene rings is 2. The number of aryl methyl sites for hydroxylation is 2. The Labute approximate surface area is 320 Å². The van der Waals surface area contributed by atoms with Crippen molar-refractivity contribution < 1.29 is 4.57 Å². The lowest BCUT2D eigenvalue weighted by atomic mass is 9.87. The van der Waals surface area contributed by atoms with Gasteiger partial charge in [-0.3, -0.25) is 0 Å². The lowest BCUT2D eigenvalue weighted by molar-refractivity contribution is -0.697. The first-order valence-electron chi connectivity index (χ1n) is 22.1. The first kappa shape index (κ1) is 41.6. The van der Waals surface area contributed by atoms with E-state index in [-0.39, 0.29) is 0 Å². The van der Waals surface area contributed by atoms with Crippen LogP contribution in [0.2, 0.25) is 0 Å². The van der Waals surface area contributed by atoms with E-state index in [1.807, 2.05) is 0 Å². The SMILES string of the molecule is CCCCCCCCCCCCCCCCCC[n+]1ccc2c(c1)CCC/C2=C\c1ccc(/C=C/c2ccc(N(CCCC)CCCC)cc2)cc1. The Balaban J connectivity index is 1.15. The van der Waals surface area contributed by atoms with Crippen LogP contribution in [0.5, 0.6) is 0 Å². The zero-order valence-corrected chi connectivity index (χ0v) is 33.9. The number of rotatable bonds is 27. The fourth-order valence-corrected chi connectivity index (χ4v) is 7.80. The molecule has 2 aromatic carbocycles. The van der Waals surface area contributed by atoms with Crippen LogP contribution in [0.25, 0.3) is 23.8 Å². The molecule has 3 aromatic rings. The minimum Gasteiger partial charge on any atom is -0.372 e. The van der Waals surface area contributed by atoms with Gasteiger partial charge in [-0.25, -0.2) is 4.57 Å². The average molecular weight is 704 g/mol. The van der Waals surface area contributed by atoms with Gasteiger partial charge in [0.25, 0.3) is 0 Å². The molecule has 1 aliphatic carbocycles. The fourth-order valence-electron chi connectivity index (χ4n) is 7.80. The van der Waals surface area contributed by atoms with Crippen LogP contribution >= 0.6 is 0 Å². The minimum absolute atomic E-state index is 1.15. The molecular weight excluding hydrogens is 629 g/mol. The highest BCUT2D eigenvalue weighted by molar-refractivity contribution is 5.83. The summed E-state index contributed by atoms with van der Waals surface area (Å²) in [5.74, 6) is 0. The summed E-state index contributed by atoms with van der Waals surface area (Å²) in [5, 5.41) is 0. The third-order valence-electron chi connectivity index (χ3n) is 11.2. The van der Waals surface area contributed by atoms with E-state index in [0.717, 1.165) is 19.6 Å². The molecule has 2 nitrogen and oxygen atoms in total. The molecular formula is C50H75N2+. The third kappa shape index (κ3) is 15.9. The van der Waals surface area contributed by atoms with E-state index in [1.165, 1.54) is 187 Å². The number of hydrogen-bond acceptors (Lipinski definition) is 1. The van der Waals surface area contributed by atoms with Crippen molar-refractivity contribution in [2.24, 2.45) is 0 Å². The van der Waals surface area contributed by atoms with E-state index in [2.05, 4.69) is 115 Å². The van der Waals surface area contributed by atoms with Crippen LogP contribution in [0.3, 0.4) is 0 Å². The number of aromatic nitrogens is 1. The van der Waals surface area contributed by atoms with E-state index in [1.54, 1.807) is 0 Å². The van der Waals surface area contributed by atoms with E-state index >= 15 is 0 Å². The highest BCUT2D eigenvalue weighted by Crippen LogP contribution is 2.31. The highest BCUT2D eigenvalue weighted by atomic mass is 15.1. The first-order chi connectivity index (χ1) is 25.7. The van der Waals surface area contributed by atoms with Gasteiger partial charge < -0.3 is 4.90 Å². The summed E-state index contributed by atoms with van der Waals surface area (Å²) >= 11 is 0. The summed E-state index contributed by atoms with van der Waals surface area (Å²) in [4.78, 5) is 2.55. The topological polar surface area (TPSA) is 7.12 Å². The molecule has 0 fully saturated rings. The molecule has 1 aliphatic rings. The molecule has 0 saturated carbocycles. The molecule has 0 amide bonds. The number of fused-ring (bicyclic) bond motifs is 1. The second kappa shape index (κ2) is 25.8. The van der Waals surface area contributed by atoms with Crippen molar-refractivity contribution in [3.8, 4) is 0 Å². The molecule has 1 heterocycles. The Kier molecular flexibility index (Phi) is 20.6. The average Bonchev–Trinajstić information content (AvgIpc) is 3.18. The zero-order chi connectivity index (χ0) is 36.5. The Morgan fingerprint density at radius 3 is 1.54 bits per heavy atom. The van der Waals surface area contributed by atoms with Crippen molar-refractivity contribution in [2.45, 2.75) is 175 Å². The fraction of sp³-hybridized carbons (Fsp3) is 0.580. The summed E-state index contributed by atoms with van der Waals surface area (Å²) < 4.78 is 2.45. The molecule has 4 rings (SSSR count). The quantitative estimate of drug-likeness (QED) is 0.0435. The minimum atomic E-state index is 1.15. The molecule has 1 aromatic heterocycles. The summed E-state index contributed by atoms with van der Waals surface area (Å²) in [6.07, 6.45) is 43.1. The van der Waals surface area contributed by atoms with Crippen LogP contribution in [-0.2, 0) is 13.0 Å². The van der Waals surface area contributed by atoms with Crippen LogP contribution < -0.4 is 9.47 Å². The van der Waals surface area contributed by atoms with Gasteiger partial charge in [0.1, 0.15) is 6.54 Å². The summed E-state index contributed by atoms with van der Waals surface area (Å²) in [6, 6.07) is 20.6. The standard InChI is InChI=1S/C50H75N2/c1-4-7-10-11-12-13-14-15-16-17-18-19-20-21-22-23-38-51-41-37-50-47(25-24-26-48(50)43-51)42-46-31-29-44(30-32-46)27-28-45-33-35-49(36-34-45)52(39-8-5-2)40-9-6-3/h27-37,41-43H,4-26,38-40H2,1-3H3/q+1. The molecule has 0 aliphatic heterocycles. The second-order valence-electron chi connectivity index (χ2n) is 15.7. The van der Waals surface area contributed by atoms with Gasteiger partial charge in [0.2, 0.25) is 0 Å². The normalized spacial score (nSPS) is 13.6. The molecule has 52 heavy (non-hydrogen) atoms. The van der Waals surface area contributed by atoms with Gasteiger partial charge in [-0.15, -0.1) is 0 Å². The van der Waals surface area contributed by atoms with Gasteiger partial charge in [-0.2, -0.15) is 0 Å². The van der Waals surface area contributed by atoms with Crippen molar-refractivity contribution in [1.82, 2.24) is 0 Å². The molecule has 0 N–H and O–H groups in total. The lowest BCUT2D eigenvalue weighted by Gasteiger charge is -2.24. The van der Waals surface area contributed by atoms with Gasteiger partial charge in [0.05, 0.1) is 0 Å². The van der Waals surface area contributed by atoms with Gasteiger partial charge >= 0.3 is 0 Å². The zero-order valence-electron chi connectivity index (χ0n) is 33.9. The van der Waals surface area contributed by atoms with Crippen LogP contribution in [-0.4, -0.2) is 13.1 Å². The predicted molar refractivity (Wildman–Crippen MR) is 231 cm³/mol. The van der Waals surface area contributed by atoms with E-state index in [4.69, 9.17) is 0 Å². The summed E-state index contributed by atoms with van der Waals surface area (Å²) in [7, 11) is 0. The number of unbranched alkanes of at least 4 members (excludes halogenated alkanes) is 17. The number of nitrogens with zero attached hydrogens (tertiary/aromatic N) is 2. The van der Waals surface area contributed by atoms with E-state index < -0.39 is 0 Å². The number of hydrogen-bond donors (Lipinski definition) is 0. The summed E-state index contributed by atoms with van der Waals surface area (Å²) in [5.41, 5.74) is 9.64. The third-order valence-corrected chi connectivity index (χ3v) is 11.2. The Hall–Kier alpha value is -3.13. The van der Waals surface area contributed by atoms with Gasteiger partial charge in [-0.05, 0) is 78.5 Å². The monoisotopic (exact) mass is 704 g/mol. The molecule has 0 radical (unpaired) electrons. The Bertz CT molecular complexity index is 1410. The number of allylic oxidation sites excluding steroid dienone is 1. The maximum Gasteiger partial charge on any atom is 0.172 e. The van der Waals surface area contributed by atoms with Crippen molar-refractivity contribution in [3.63, 3.8) is 0 Å². The van der Waals surface area contributed by atoms with Crippen molar-refractivity contribution >= 4 is 29.5 Å². The van der Waals surface area contributed by atoms with Crippen LogP contribution in [0.1, 0.15) is 190 Å². The summed E-state index contributed by atoms with van der Waals surface area (Å²) in [6.45, 7) is 10.3. The Morgan fingerprint density at radius 2 is 1.00 bits per heavy atom.